The van der Waals surface area contributed by atoms with E-state index in [2.05, 4.69) is 5.32 Å². The fraction of sp³-hybridized carbons (Fsp3) is 0.562. The Kier molecular flexibility index (Phi) is 6.79. The molecule has 1 fully saturated rings. The molecular weight excluding hydrogens is 369 g/mol. The molecule has 0 saturated carbocycles. The van der Waals surface area contributed by atoms with Crippen LogP contribution in [0, 0.1) is 11.7 Å². The zero-order chi connectivity index (χ0) is 18.6. The standard InChI is InChI=1S/C16H23ClFN3O3S/c1-19-7-10-20(2)16(22)12-5-8-21(9-6-12)25(23,24)13-3-4-15(18)14(17)11-13/h3-4,11-12,19H,5-10H2,1-2H3. The summed E-state index contributed by atoms with van der Waals surface area (Å²) in [5.41, 5.74) is 0. The van der Waals surface area contributed by atoms with Gasteiger partial charge in [0.1, 0.15) is 5.82 Å². The summed E-state index contributed by atoms with van der Waals surface area (Å²) in [5.74, 6) is -0.795. The molecule has 6 nitrogen and oxygen atoms in total. The monoisotopic (exact) mass is 391 g/mol. The van der Waals surface area contributed by atoms with E-state index in [1.807, 2.05) is 7.05 Å². The Balaban J connectivity index is 2.01. The zero-order valence-electron chi connectivity index (χ0n) is 14.3. The van der Waals surface area contributed by atoms with Crippen molar-refractivity contribution in [2.75, 3.05) is 40.3 Å². The summed E-state index contributed by atoms with van der Waals surface area (Å²) in [4.78, 5) is 14.0. The molecule has 0 aromatic heterocycles. The van der Waals surface area contributed by atoms with Crippen LogP contribution < -0.4 is 5.32 Å². The Morgan fingerprint density at radius 3 is 2.60 bits per heavy atom. The van der Waals surface area contributed by atoms with Gasteiger partial charge in [0.15, 0.2) is 0 Å². The van der Waals surface area contributed by atoms with Gasteiger partial charge in [0.2, 0.25) is 15.9 Å². The van der Waals surface area contributed by atoms with Gasteiger partial charge >= 0.3 is 0 Å². The van der Waals surface area contributed by atoms with Crippen LogP contribution in [0.3, 0.4) is 0 Å². The van der Waals surface area contributed by atoms with Crippen LogP contribution >= 0.6 is 11.6 Å². The van der Waals surface area contributed by atoms with Crippen LogP contribution in [0.2, 0.25) is 5.02 Å². The first-order valence-electron chi connectivity index (χ1n) is 8.12. The minimum absolute atomic E-state index is 0.0326. The summed E-state index contributed by atoms with van der Waals surface area (Å²) in [6, 6.07) is 3.37. The molecule has 1 aromatic carbocycles. The Morgan fingerprint density at radius 2 is 2.04 bits per heavy atom. The predicted molar refractivity (Wildman–Crippen MR) is 94.5 cm³/mol. The van der Waals surface area contributed by atoms with E-state index in [1.165, 1.54) is 10.4 Å². The second-order valence-corrected chi connectivity index (χ2v) is 8.46. The highest BCUT2D eigenvalue weighted by Crippen LogP contribution is 2.27. The van der Waals surface area contributed by atoms with Crippen molar-refractivity contribution in [3.63, 3.8) is 0 Å². The number of nitrogens with zero attached hydrogens (tertiary/aromatic N) is 2. The molecule has 9 heteroatoms. The lowest BCUT2D eigenvalue weighted by Crippen LogP contribution is -2.44. The first kappa shape index (κ1) is 20.1. The maximum Gasteiger partial charge on any atom is 0.243 e. The number of halogens is 2. The fourth-order valence-corrected chi connectivity index (χ4v) is 4.57. The maximum absolute atomic E-state index is 13.2. The zero-order valence-corrected chi connectivity index (χ0v) is 15.9. The lowest BCUT2D eigenvalue weighted by atomic mass is 9.97. The number of sulfonamides is 1. The number of nitrogens with one attached hydrogen (secondary N) is 1. The van der Waals surface area contributed by atoms with Crippen molar-refractivity contribution >= 4 is 27.5 Å². The molecule has 1 N–H and O–H groups in total. The topological polar surface area (TPSA) is 69.7 Å². The first-order chi connectivity index (χ1) is 11.8. The number of benzene rings is 1. The fourth-order valence-electron chi connectivity index (χ4n) is 2.83. The van der Waals surface area contributed by atoms with Gasteiger partial charge in [-0.1, -0.05) is 11.6 Å². The normalized spacial score (nSPS) is 16.8. The van der Waals surface area contributed by atoms with Crippen LogP contribution in [-0.4, -0.2) is 63.8 Å². The van der Waals surface area contributed by atoms with Crippen molar-refractivity contribution < 1.29 is 17.6 Å². The van der Waals surface area contributed by atoms with E-state index >= 15 is 0 Å². The molecule has 0 bridgehead atoms. The highest BCUT2D eigenvalue weighted by atomic mass is 35.5. The summed E-state index contributed by atoms with van der Waals surface area (Å²) >= 11 is 5.69. The minimum Gasteiger partial charge on any atom is -0.344 e. The first-order valence-corrected chi connectivity index (χ1v) is 9.94. The Bertz CT molecular complexity index is 721. The molecule has 0 unspecified atom stereocenters. The van der Waals surface area contributed by atoms with Gasteiger partial charge in [-0.3, -0.25) is 4.79 Å². The number of hydrogen-bond donors (Lipinski definition) is 1. The molecule has 1 heterocycles. The van der Waals surface area contributed by atoms with Crippen molar-refractivity contribution in [2.45, 2.75) is 17.7 Å². The number of piperidine rings is 1. The quantitative estimate of drug-likeness (QED) is 0.799. The molecular formula is C16H23ClFN3O3S. The molecule has 0 radical (unpaired) electrons. The van der Waals surface area contributed by atoms with Crippen molar-refractivity contribution in [3.05, 3.63) is 29.0 Å². The second kappa shape index (κ2) is 8.44. The van der Waals surface area contributed by atoms with Gasteiger partial charge in [0, 0.05) is 39.1 Å². The summed E-state index contributed by atoms with van der Waals surface area (Å²) in [6.07, 6.45) is 0.938. The third-order valence-electron chi connectivity index (χ3n) is 4.41. The maximum atomic E-state index is 13.2. The van der Waals surface area contributed by atoms with Crippen LogP contribution in [0.25, 0.3) is 0 Å². The predicted octanol–water partition coefficient (Wildman–Crippen LogP) is 1.56. The molecule has 1 aliphatic rings. The summed E-state index contributed by atoms with van der Waals surface area (Å²) in [6.45, 7) is 1.84. The van der Waals surface area contributed by atoms with E-state index in [4.69, 9.17) is 11.6 Å². The van der Waals surface area contributed by atoms with Gasteiger partial charge in [-0.25, -0.2) is 12.8 Å². The number of carbonyl (C=O) groups excluding carboxylic acids is 1. The van der Waals surface area contributed by atoms with Crippen LogP contribution in [0.1, 0.15) is 12.8 Å². The van der Waals surface area contributed by atoms with E-state index in [0.717, 1.165) is 12.1 Å². The molecule has 0 atom stereocenters. The molecule has 1 amide bonds. The van der Waals surface area contributed by atoms with Gasteiger partial charge in [-0.15, -0.1) is 0 Å². The molecule has 1 aliphatic heterocycles. The Hall–Kier alpha value is -1.22. The Morgan fingerprint density at radius 1 is 1.40 bits per heavy atom. The van der Waals surface area contributed by atoms with E-state index in [-0.39, 0.29) is 34.8 Å². The van der Waals surface area contributed by atoms with E-state index in [1.54, 1.807) is 11.9 Å². The van der Waals surface area contributed by atoms with Gasteiger partial charge < -0.3 is 10.2 Å². The number of carbonyl (C=O) groups is 1. The van der Waals surface area contributed by atoms with Crippen LogP contribution in [-0.2, 0) is 14.8 Å². The van der Waals surface area contributed by atoms with Crippen LogP contribution in [0.15, 0.2) is 23.1 Å². The van der Waals surface area contributed by atoms with Crippen molar-refractivity contribution in [2.24, 2.45) is 5.92 Å². The molecule has 2 rings (SSSR count). The number of amides is 1. The van der Waals surface area contributed by atoms with E-state index in [0.29, 0.717) is 25.9 Å². The molecule has 140 valence electrons. The highest BCUT2D eigenvalue weighted by Gasteiger charge is 2.33. The smallest absolute Gasteiger partial charge is 0.243 e. The number of rotatable bonds is 6. The van der Waals surface area contributed by atoms with Gasteiger partial charge in [0.05, 0.1) is 9.92 Å². The third-order valence-corrected chi connectivity index (χ3v) is 6.59. The lowest BCUT2D eigenvalue weighted by Gasteiger charge is -2.32. The summed E-state index contributed by atoms with van der Waals surface area (Å²) < 4.78 is 39.9. The SMILES string of the molecule is CNCCN(C)C(=O)C1CCN(S(=O)(=O)c2ccc(F)c(Cl)c2)CC1. The summed E-state index contributed by atoms with van der Waals surface area (Å²) in [5, 5.41) is 2.77. The molecule has 1 aromatic rings. The van der Waals surface area contributed by atoms with Crippen LogP contribution in [0.5, 0.6) is 0 Å². The molecule has 1 saturated heterocycles. The average molecular weight is 392 g/mol. The van der Waals surface area contributed by atoms with Crippen molar-refractivity contribution in [3.8, 4) is 0 Å². The minimum atomic E-state index is -3.74. The highest BCUT2D eigenvalue weighted by molar-refractivity contribution is 7.89. The van der Waals surface area contributed by atoms with Crippen molar-refractivity contribution in [1.82, 2.24) is 14.5 Å². The van der Waals surface area contributed by atoms with Gasteiger partial charge in [-0.2, -0.15) is 4.31 Å². The number of hydrogen-bond acceptors (Lipinski definition) is 4. The number of likely N-dealkylation sites (N-methyl/N-ethyl adjacent to an activating group) is 2. The van der Waals surface area contributed by atoms with Gasteiger partial charge in [0.25, 0.3) is 0 Å². The largest absolute Gasteiger partial charge is 0.344 e. The molecule has 0 spiro atoms. The van der Waals surface area contributed by atoms with E-state index in [9.17, 15) is 17.6 Å². The van der Waals surface area contributed by atoms with E-state index < -0.39 is 15.8 Å². The average Bonchev–Trinajstić information content (AvgIpc) is 2.61. The third kappa shape index (κ3) is 4.69. The summed E-state index contributed by atoms with van der Waals surface area (Å²) in [7, 11) is -0.161. The lowest BCUT2D eigenvalue weighted by molar-refractivity contribution is -0.135. The van der Waals surface area contributed by atoms with Crippen LogP contribution in [0.4, 0.5) is 4.39 Å². The Labute approximate surface area is 153 Å². The van der Waals surface area contributed by atoms with Gasteiger partial charge in [-0.05, 0) is 38.1 Å². The molecule has 0 aliphatic carbocycles. The second-order valence-electron chi connectivity index (χ2n) is 6.12. The molecule has 25 heavy (non-hydrogen) atoms. The van der Waals surface area contributed by atoms with Crippen molar-refractivity contribution in [1.29, 1.82) is 0 Å².